The van der Waals surface area contributed by atoms with Crippen LogP contribution in [-0.2, 0) is 4.74 Å². The third-order valence-corrected chi connectivity index (χ3v) is 2.77. The van der Waals surface area contributed by atoms with Crippen LogP contribution in [0.2, 0.25) is 0 Å². The molecule has 0 radical (unpaired) electrons. The highest BCUT2D eigenvalue weighted by Gasteiger charge is 2.21. The van der Waals surface area contributed by atoms with Crippen LogP contribution in [0.15, 0.2) is 0 Å². The minimum atomic E-state index is 0.352. The fourth-order valence-corrected chi connectivity index (χ4v) is 2.20. The van der Waals surface area contributed by atoms with Gasteiger partial charge in [-0.2, -0.15) is 0 Å². The molecule has 72 valence electrons. The predicted molar refractivity (Wildman–Crippen MR) is 51.0 cm³/mol. The summed E-state index contributed by atoms with van der Waals surface area (Å²) in [6, 6.07) is 0.352. The van der Waals surface area contributed by atoms with E-state index in [-0.39, 0.29) is 0 Å². The van der Waals surface area contributed by atoms with E-state index in [2.05, 4.69) is 6.92 Å². The highest BCUT2D eigenvalue weighted by atomic mass is 16.5. The Bertz CT molecular complexity index is 125. The fraction of sp³-hybridized carbons (Fsp3) is 1.00. The minimum Gasteiger partial charge on any atom is -0.381 e. The maximum Gasteiger partial charge on any atom is 0.0574 e. The van der Waals surface area contributed by atoms with E-state index in [9.17, 15) is 0 Å². The number of hydrogen-bond acceptors (Lipinski definition) is 2. The summed E-state index contributed by atoms with van der Waals surface area (Å²) in [6.45, 7) is 2.09. The molecule has 0 aromatic rings. The minimum absolute atomic E-state index is 0.352. The molecule has 2 nitrogen and oxygen atoms in total. The molecule has 3 unspecified atom stereocenters. The summed E-state index contributed by atoms with van der Waals surface area (Å²) < 4.78 is 5.36. The van der Waals surface area contributed by atoms with Crippen LogP contribution >= 0.6 is 0 Å². The van der Waals surface area contributed by atoms with Gasteiger partial charge in [0, 0.05) is 13.2 Å². The van der Waals surface area contributed by atoms with Crippen LogP contribution in [0, 0.1) is 5.92 Å². The van der Waals surface area contributed by atoms with Crippen molar-refractivity contribution in [3.05, 3.63) is 0 Å². The molecule has 1 aliphatic carbocycles. The fourth-order valence-electron chi connectivity index (χ4n) is 2.20. The first-order chi connectivity index (χ1) is 5.72. The summed E-state index contributed by atoms with van der Waals surface area (Å²) in [5.74, 6) is 0.809. The van der Waals surface area contributed by atoms with Crippen molar-refractivity contribution in [2.45, 2.75) is 51.2 Å². The van der Waals surface area contributed by atoms with Gasteiger partial charge in [0.2, 0.25) is 0 Å². The first-order valence-corrected chi connectivity index (χ1v) is 5.00. The van der Waals surface area contributed by atoms with Gasteiger partial charge in [-0.15, -0.1) is 0 Å². The van der Waals surface area contributed by atoms with Gasteiger partial charge >= 0.3 is 0 Å². The Morgan fingerprint density at radius 3 is 2.83 bits per heavy atom. The number of rotatable bonds is 3. The molecule has 0 saturated heterocycles. The van der Waals surface area contributed by atoms with E-state index in [4.69, 9.17) is 10.5 Å². The van der Waals surface area contributed by atoms with Crippen molar-refractivity contribution in [3.63, 3.8) is 0 Å². The number of methoxy groups -OCH3 is 1. The van der Waals surface area contributed by atoms with E-state index in [1.165, 1.54) is 32.1 Å². The lowest BCUT2D eigenvalue weighted by Crippen LogP contribution is -2.26. The average Bonchev–Trinajstić information content (AvgIpc) is 2.03. The van der Waals surface area contributed by atoms with Gasteiger partial charge in [0.1, 0.15) is 0 Å². The van der Waals surface area contributed by atoms with E-state index in [0.29, 0.717) is 12.1 Å². The maximum atomic E-state index is 5.77. The van der Waals surface area contributed by atoms with E-state index >= 15 is 0 Å². The lowest BCUT2D eigenvalue weighted by Gasteiger charge is -2.29. The number of ether oxygens (including phenoxy) is 1. The summed E-state index contributed by atoms with van der Waals surface area (Å²) in [6.07, 6.45) is 6.80. The summed E-state index contributed by atoms with van der Waals surface area (Å²) in [7, 11) is 1.82. The molecule has 2 N–H and O–H groups in total. The van der Waals surface area contributed by atoms with Crippen molar-refractivity contribution in [3.8, 4) is 0 Å². The Kier molecular flexibility index (Phi) is 4.02. The van der Waals surface area contributed by atoms with Crippen LogP contribution in [0.1, 0.15) is 39.0 Å². The van der Waals surface area contributed by atoms with Crippen LogP contribution in [-0.4, -0.2) is 19.3 Å². The molecule has 0 spiro atoms. The molecule has 1 rings (SSSR count). The van der Waals surface area contributed by atoms with Gasteiger partial charge in [-0.3, -0.25) is 0 Å². The Labute approximate surface area is 75.5 Å². The highest BCUT2D eigenvalue weighted by Crippen LogP contribution is 2.28. The molecule has 3 atom stereocenters. The van der Waals surface area contributed by atoms with E-state index in [1.54, 1.807) is 0 Å². The highest BCUT2D eigenvalue weighted by molar-refractivity contribution is 4.75. The lowest BCUT2D eigenvalue weighted by molar-refractivity contribution is 0.0480. The summed E-state index contributed by atoms with van der Waals surface area (Å²) in [5.41, 5.74) is 5.77. The molecule has 0 aromatic heterocycles. The molecule has 0 aromatic carbocycles. The predicted octanol–water partition coefficient (Wildman–Crippen LogP) is 1.93. The number of nitrogens with two attached hydrogens (primary N) is 1. The van der Waals surface area contributed by atoms with Gasteiger partial charge in [0.15, 0.2) is 0 Å². The molecule has 0 amide bonds. The topological polar surface area (TPSA) is 35.2 Å². The third-order valence-electron chi connectivity index (χ3n) is 2.77. The normalized spacial score (nSPS) is 33.2. The first kappa shape index (κ1) is 10.0. The largest absolute Gasteiger partial charge is 0.381 e. The van der Waals surface area contributed by atoms with Crippen LogP contribution in [0.3, 0.4) is 0 Å². The monoisotopic (exact) mass is 171 g/mol. The Morgan fingerprint density at radius 2 is 2.25 bits per heavy atom. The van der Waals surface area contributed by atoms with Gasteiger partial charge in [-0.05, 0) is 32.1 Å². The first-order valence-electron chi connectivity index (χ1n) is 5.00. The zero-order valence-electron chi connectivity index (χ0n) is 8.25. The third kappa shape index (κ3) is 3.11. The van der Waals surface area contributed by atoms with Crippen molar-refractivity contribution >= 4 is 0 Å². The Morgan fingerprint density at radius 1 is 1.50 bits per heavy atom. The second-order valence-electron chi connectivity index (χ2n) is 4.10. The maximum absolute atomic E-state index is 5.77. The van der Waals surface area contributed by atoms with Gasteiger partial charge in [-0.25, -0.2) is 0 Å². The Balaban J connectivity index is 2.25. The molecule has 2 heteroatoms. The SMILES string of the molecule is COC1CCCC(CC(C)N)C1. The zero-order valence-corrected chi connectivity index (χ0v) is 8.25. The van der Waals surface area contributed by atoms with Crippen LogP contribution in [0.5, 0.6) is 0 Å². The van der Waals surface area contributed by atoms with Crippen LogP contribution < -0.4 is 5.73 Å². The Hall–Kier alpha value is -0.0800. The van der Waals surface area contributed by atoms with Crippen molar-refractivity contribution in [1.82, 2.24) is 0 Å². The quantitative estimate of drug-likeness (QED) is 0.704. The van der Waals surface area contributed by atoms with Crippen molar-refractivity contribution in [2.24, 2.45) is 11.7 Å². The number of hydrogen-bond donors (Lipinski definition) is 1. The van der Waals surface area contributed by atoms with Gasteiger partial charge in [0.25, 0.3) is 0 Å². The van der Waals surface area contributed by atoms with Gasteiger partial charge in [0.05, 0.1) is 6.10 Å². The second-order valence-corrected chi connectivity index (χ2v) is 4.10. The second kappa shape index (κ2) is 4.83. The van der Waals surface area contributed by atoms with Crippen molar-refractivity contribution < 1.29 is 4.74 Å². The molecule has 12 heavy (non-hydrogen) atoms. The molecule has 0 aliphatic heterocycles. The molecule has 1 saturated carbocycles. The van der Waals surface area contributed by atoms with Crippen molar-refractivity contribution in [2.75, 3.05) is 7.11 Å². The van der Waals surface area contributed by atoms with E-state index in [0.717, 1.165) is 5.92 Å². The standard InChI is InChI=1S/C10H21NO/c1-8(11)6-9-4-3-5-10(7-9)12-2/h8-10H,3-7,11H2,1-2H3. The van der Waals surface area contributed by atoms with Gasteiger partial charge in [-0.1, -0.05) is 12.8 Å². The molecular formula is C10H21NO. The summed E-state index contributed by atoms with van der Waals surface area (Å²) in [4.78, 5) is 0. The molecular weight excluding hydrogens is 150 g/mol. The summed E-state index contributed by atoms with van der Waals surface area (Å²) in [5, 5.41) is 0. The zero-order chi connectivity index (χ0) is 8.97. The molecule has 1 aliphatic rings. The average molecular weight is 171 g/mol. The molecule has 0 bridgehead atoms. The lowest BCUT2D eigenvalue weighted by atomic mass is 9.83. The summed E-state index contributed by atoms with van der Waals surface area (Å²) >= 11 is 0. The van der Waals surface area contributed by atoms with Crippen LogP contribution in [0.4, 0.5) is 0 Å². The molecule has 1 fully saturated rings. The molecule has 0 heterocycles. The smallest absolute Gasteiger partial charge is 0.0574 e. The van der Waals surface area contributed by atoms with Crippen molar-refractivity contribution in [1.29, 1.82) is 0 Å². The van der Waals surface area contributed by atoms with Crippen LogP contribution in [0.25, 0.3) is 0 Å². The van der Waals surface area contributed by atoms with E-state index in [1.807, 2.05) is 7.11 Å². The van der Waals surface area contributed by atoms with Gasteiger partial charge < -0.3 is 10.5 Å². The van der Waals surface area contributed by atoms with E-state index < -0.39 is 0 Å².